The Morgan fingerprint density at radius 1 is 0.852 bits per heavy atom. The minimum absolute atomic E-state index is 0.0315. The first kappa shape index (κ1) is 58.4. The number of nitrogens with zero attached hydrogens (tertiary/aromatic N) is 8. The van der Waals surface area contributed by atoms with Gasteiger partial charge in [-0.15, -0.1) is 0 Å². The summed E-state index contributed by atoms with van der Waals surface area (Å²) in [6.45, 7) is 29.1. The summed E-state index contributed by atoms with van der Waals surface area (Å²) in [7, 11) is 1.76. The van der Waals surface area contributed by atoms with Crippen molar-refractivity contribution in [3.63, 3.8) is 0 Å². The van der Waals surface area contributed by atoms with Crippen molar-refractivity contribution in [1.29, 1.82) is 0 Å². The van der Waals surface area contributed by atoms with E-state index in [0.717, 1.165) is 123 Å². The molecule has 1 aromatic carbocycles. The van der Waals surface area contributed by atoms with Crippen LogP contribution in [0.4, 0.5) is 11.4 Å². The Kier molecular flexibility index (Phi) is 17.8. The van der Waals surface area contributed by atoms with Gasteiger partial charge >= 0.3 is 5.97 Å². The quantitative estimate of drug-likeness (QED) is 0.175. The lowest BCUT2D eigenvalue weighted by molar-refractivity contribution is -0.157. The predicted octanol–water partition coefficient (Wildman–Crippen LogP) is 6.67. The van der Waals surface area contributed by atoms with Crippen LogP contribution in [-0.2, 0) is 51.0 Å². The molecule has 9 heterocycles. The Balaban J connectivity index is 0.996. The second-order valence-corrected chi connectivity index (χ2v) is 26.6. The van der Waals surface area contributed by atoms with Crippen LogP contribution in [0.1, 0.15) is 124 Å². The van der Waals surface area contributed by atoms with Crippen molar-refractivity contribution in [1.82, 2.24) is 40.0 Å². The van der Waals surface area contributed by atoms with Crippen LogP contribution < -0.4 is 20.5 Å². The molecule has 7 atom stereocenters. The van der Waals surface area contributed by atoms with Gasteiger partial charge in [-0.1, -0.05) is 41.5 Å². The highest BCUT2D eigenvalue weighted by molar-refractivity contribution is 5.95. The van der Waals surface area contributed by atoms with E-state index in [9.17, 15) is 4.79 Å². The van der Waals surface area contributed by atoms with Gasteiger partial charge in [-0.2, -0.15) is 0 Å². The van der Waals surface area contributed by atoms with Crippen molar-refractivity contribution in [2.24, 2.45) is 22.7 Å². The van der Waals surface area contributed by atoms with Crippen LogP contribution in [0.25, 0.3) is 22.2 Å². The molecule has 0 spiro atoms. The van der Waals surface area contributed by atoms with Gasteiger partial charge in [0.1, 0.15) is 12.1 Å². The van der Waals surface area contributed by atoms with E-state index in [1.807, 2.05) is 6.20 Å². The van der Waals surface area contributed by atoms with Crippen LogP contribution >= 0.6 is 0 Å². The Morgan fingerprint density at radius 3 is 2.31 bits per heavy atom. The largest absolute Gasteiger partial charge is 0.464 e. The minimum Gasteiger partial charge on any atom is -0.464 e. The molecule has 7 aliphatic heterocycles. The number of esters is 1. The highest BCUT2D eigenvalue weighted by atomic mass is 16.5. The molecular weight excluding hydrogens is 1020 g/mol. The third-order valence-corrected chi connectivity index (χ3v) is 20.0. The second-order valence-electron chi connectivity index (χ2n) is 26.6. The molecule has 11 rings (SSSR count). The maximum atomic E-state index is 15.8. The zero-order chi connectivity index (χ0) is 56.7. The number of rotatable bonds is 13. The minimum atomic E-state index is -1.02. The number of pyridine rings is 1. The normalized spacial score (nSPS) is 28.1. The number of carbonyl (C=O) groups excluding carboxylic acids is 3. The first-order valence-electron chi connectivity index (χ1n) is 31.3. The fourth-order valence-corrected chi connectivity index (χ4v) is 15.3. The Morgan fingerprint density at radius 2 is 1.59 bits per heavy atom. The number of aromatic nitrogens is 2. The Labute approximate surface area is 482 Å². The number of piperazine rings is 1. The number of amides is 2. The zero-order valence-electron chi connectivity index (χ0n) is 50.4. The van der Waals surface area contributed by atoms with Gasteiger partial charge in [0.25, 0.3) is 5.91 Å². The lowest BCUT2D eigenvalue weighted by Gasteiger charge is -2.49. The number of ether oxygens (including phenoxy) is 5. The van der Waals surface area contributed by atoms with Gasteiger partial charge in [-0.25, -0.2) is 5.43 Å². The monoisotopic (exact) mass is 1120 g/mol. The molecule has 1 saturated carbocycles. The van der Waals surface area contributed by atoms with Crippen LogP contribution in [0.2, 0.25) is 0 Å². The number of benzene rings is 1. The SMILES string of the molecule is CCn1c(-c2cc(N3CCN(C4CC4)CC3)cnc2[C@H](C)OC)c2c3cc(ccc31)N1CCO[C@H](C1)[C@@H](N1CCOCC1)[C@H](NC(=O)[C@H](C(C)C)N1CCC[C@H]1C(C)(C)C1CCOCC1)C(=O)N1CCC[C@H](N1)C(=O)OCC(C)(C)C2. The van der Waals surface area contributed by atoms with Crippen molar-refractivity contribution in [3.05, 3.63) is 41.7 Å². The summed E-state index contributed by atoms with van der Waals surface area (Å²) in [6, 6.07) is 7.38. The number of cyclic esters (lactones) is 1. The van der Waals surface area contributed by atoms with E-state index in [2.05, 4.69) is 119 Å². The maximum absolute atomic E-state index is 15.8. The van der Waals surface area contributed by atoms with Gasteiger partial charge in [0.05, 0.1) is 74.0 Å². The van der Waals surface area contributed by atoms with Crippen molar-refractivity contribution < 1.29 is 38.1 Å². The number of morpholine rings is 2. The second kappa shape index (κ2) is 24.7. The first-order valence-corrected chi connectivity index (χ1v) is 31.3. The molecule has 18 nitrogen and oxygen atoms in total. The number of anilines is 2. The van der Waals surface area contributed by atoms with Crippen LogP contribution in [-0.4, -0.2) is 202 Å². The number of carbonyl (C=O) groups is 3. The zero-order valence-corrected chi connectivity index (χ0v) is 50.4. The van der Waals surface area contributed by atoms with E-state index in [-0.39, 0.29) is 41.9 Å². The summed E-state index contributed by atoms with van der Waals surface area (Å²) in [5, 5.41) is 6.27. The molecule has 3 aromatic rings. The van der Waals surface area contributed by atoms with Crippen molar-refractivity contribution in [2.45, 2.75) is 168 Å². The smallest absolute Gasteiger partial charge is 0.324 e. The highest BCUT2D eigenvalue weighted by Gasteiger charge is 2.50. The number of nitrogens with one attached hydrogen (secondary N) is 2. The molecule has 0 radical (unpaired) electrons. The van der Waals surface area contributed by atoms with Crippen LogP contribution in [0.5, 0.6) is 0 Å². The number of hydrogen-bond donors (Lipinski definition) is 2. The van der Waals surface area contributed by atoms with Crippen LogP contribution in [0.15, 0.2) is 30.5 Å². The number of methoxy groups -OCH3 is 1. The lowest BCUT2D eigenvalue weighted by Crippen LogP contribution is -2.70. The van der Waals surface area contributed by atoms with Crippen LogP contribution in [0.3, 0.4) is 0 Å². The molecule has 8 aliphatic rings. The van der Waals surface area contributed by atoms with E-state index in [0.29, 0.717) is 77.7 Å². The summed E-state index contributed by atoms with van der Waals surface area (Å²) in [4.78, 5) is 63.7. The van der Waals surface area contributed by atoms with Crippen molar-refractivity contribution in [3.8, 4) is 11.3 Å². The molecule has 18 heteroatoms. The molecule has 6 saturated heterocycles. The summed E-state index contributed by atoms with van der Waals surface area (Å²) in [5.41, 5.74) is 10.4. The topological polar surface area (TPSA) is 159 Å². The molecule has 2 amide bonds. The molecule has 7 fully saturated rings. The van der Waals surface area contributed by atoms with Gasteiger partial charge in [0, 0.05) is 125 Å². The third-order valence-electron chi connectivity index (χ3n) is 20.0. The average Bonchev–Trinajstić information content (AvgIpc) is 4.14. The number of hydrazine groups is 1. The number of hydrogen-bond acceptors (Lipinski definition) is 15. The van der Waals surface area contributed by atoms with E-state index >= 15 is 9.59 Å². The van der Waals surface area contributed by atoms with Crippen molar-refractivity contribution >= 4 is 40.1 Å². The Hall–Kier alpha value is -4.40. The molecule has 81 heavy (non-hydrogen) atoms. The summed E-state index contributed by atoms with van der Waals surface area (Å²) in [5.74, 6) is -0.354. The number of fused-ring (bicyclic) bond motifs is 6. The fourth-order valence-electron chi connectivity index (χ4n) is 15.3. The number of aryl methyl sites for hydroxylation is 1. The van der Waals surface area contributed by atoms with E-state index in [4.69, 9.17) is 28.7 Å². The number of likely N-dealkylation sites (tertiary alicyclic amines) is 1. The molecule has 1 aliphatic carbocycles. The standard InChI is InChI=1S/C63H96N10O8/c1-10-71-51-18-17-45-35-47(51)49(57(71)48-36-46(38-64-54(48)42(4)77-9)68-25-23-67(24-26-68)44-15-16-44)37-62(5,6)40-81-61(76)50-13-11-22-73(66-50)60(75)55(58(69-27-32-79-33-28-69)52-39-70(45)29-34-80-52)65-59(74)56(41(2)3)72-21-12-14-53(72)63(7,8)43-19-30-78-31-20-43/h17-18,35-36,38,41-44,50,52-53,55-56,58,66H,10-16,19-34,37,39-40H2,1-9H3,(H,65,74)/t42-,50-,52+,53-,55-,56-,58+/m0/s1. The third kappa shape index (κ3) is 12.1. The van der Waals surface area contributed by atoms with E-state index < -0.39 is 41.7 Å². The molecular formula is C63H96N10O8. The molecule has 0 unspecified atom stereocenters. The molecule has 2 aromatic heterocycles. The maximum Gasteiger partial charge on any atom is 0.324 e. The van der Waals surface area contributed by atoms with Gasteiger partial charge < -0.3 is 43.4 Å². The summed E-state index contributed by atoms with van der Waals surface area (Å²) in [6.07, 6.45) is 9.70. The van der Waals surface area contributed by atoms with E-state index in [1.165, 1.54) is 18.4 Å². The Bertz CT molecular complexity index is 2690. The van der Waals surface area contributed by atoms with Crippen LogP contribution in [0, 0.1) is 22.7 Å². The fraction of sp³-hybridized carbons (Fsp3) is 0.746. The van der Waals surface area contributed by atoms with Gasteiger partial charge in [-0.3, -0.25) is 39.1 Å². The summed E-state index contributed by atoms with van der Waals surface area (Å²) < 4.78 is 33.7. The molecule has 6 bridgehead atoms. The summed E-state index contributed by atoms with van der Waals surface area (Å²) >= 11 is 0. The van der Waals surface area contributed by atoms with E-state index in [1.54, 1.807) is 12.1 Å². The van der Waals surface area contributed by atoms with Gasteiger partial charge in [0.2, 0.25) is 5.91 Å². The average molecular weight is 1120 g/mol. The first-order chi connectivity index (χ1) is 39.0. The lowest BCUT2D eigenvalue weighted by atomic mass is 9.68. The van der Waals surface area contributed by atoms with Crippen molar-refractivity contribution in [2.75, 3.05) is 122 Å². The van der Waals surface area contributed by atoms with Gasteiger partial charge in [-0.05, 0) is 125 Å². The highest BCUT2D eigenvalue weighted by Crippen LogP contribution is 2.46. The molecule has 446 valence electrons. The predicted molar refractivity (Wildman–Crippen MR) is 315 cm³/mol. The van der Waals surface area contributed by atoms with Gasteiger partial charge in [0.15, 0.2) is 0 Å². The molecule has 2 N–H and O–H groups in total.